The number of ether oxygens (including phenoxy) is 3. The van der Waals surface area contributed by atoms with Gasteiger partial charge in [0.2, 0.25) is 5.95 Å². The fourth-order valence-corrected chi connectivity index (χ4v) is 3.08. The monoisotopic (exact) mass is 373 g/mol. The van der Waals surface area contributed by atoms with Crippen LogP contribution in [-0.2, 0) is 14.2 Å². The number of methoxy groups -OCH3 is 1. The Balaban J connectivity index is 2.06. The van der Waals surface area contributed by atoms with Gasteiger partial charge >= 0.3 is 0 Å². The Morgan fingerprint density at radius 3 is 2.88 bits per heavy atom. The third kappa shape index (κ3) is 3.19. The number of aliphatic hydroxyl groups excluding tert-OH is 2. The molecule has 1 fully saturated rings. The second kappa shape index (κ2) is 7.19. The second-order valence-corrected chi connectivity index (χ2v) is 5.90. The topological polar surface area (TPSA) is 161 Å². The standard InChI is InChI=1S/C13H19N5O6S/c1-22-2-3-23-8-7(20)5(4-19)24-11(8)18-9-6(15-13(18)25)10(21)17-12(14)16-9/h5,7-8,11,19-20H,2-4H2,1H3,(H,15,25)(H3,14,16,17,21)/t5-,7-,8-,11-/m1/s1. The van der Waals surface area contributed by atoms with Crippen LogP contribution in [0.1, 0.15) is 6.23 Å². The van der Waals surface area contributed by atoms with Crippen LogP contribution in [0.15, 0.2) is 4.79 Å². The number of aliphatic hydroxyl groups is 2. The predicted molar refractivity (Wildman–Crippen MR) is 88.6 cm³/mol. The molecule has 1 saturated heterocycles. The molecule has 6 N–H and O–H groups in total. The van der Waals surface area contributed by atoms with Gasteiger partial charge in [-0.15, -0.1) is 0 Å². The van der Waals surface area contributed by atoms with E-state index in [9.17, 15) is 15.0 Å². The lowest BCUT2D eigenvalue weighted by molar-refractivity contribution is -0.0790. The van der Waals surface area contributed by atoms with Crippen LogP contribution >= 0.6 is 12.2 Å². The van der Waals surface area contributed by atoms with Crippen LogP contribution in [0.25, 0.3) is 11.2 Å². The van der Waals surface area contributed by atoms with Gasteiger partial charge in [-0.3, -0.25) is 14.3 Å². The van der Waals surface area contributed by atoms with E-state index in [1.54, 1.807) is 0 Å². The van der Waals surface area contributed by atoms with E-state index in [1.165, 1.54) is 11.7 Å². The lowest BCUT2D eigenvalue weighted by Crippen LogP contribution is -2.36. The van der Waals surface area contributed by atoms with Crippen molar-refractivity contribution >= 4 is 29.3 Å². The van der Waals surface area contributed by atoms with Gasteiger partial charge < -0.3 is 35.1 Å². The van der Waals surface area contributed by atoms with Gasteiger partial charge in [-0.05, 0) is 12.2 Å². The highest BCUT2D eigenvalue weighted by Gasteiger charge is 2.46. The number of hydrogen-bond donors (Lipinski definition) is 5. The molecule has 12 heteroatoms. The molecule has 1 aliphatic heterocycles. The van der Waals surface area contributed by atoms with Crippen LogP contribution in [0.2, 0.25) is 0 Å². The van der Waals surface area contributed by atoms with Crippen LogP contribution in [0.4, 0.5) is 5.95 Å². The van der Waals surface area contributed by atoms with E-state index in [0.29, 0.717) is 6.61 Å². The summed E-state index contributed by atoms with van der Waals surface area (Å²) in [6, 6.07) is 0. The van der Waals surface area contributed by atoms with Crippen molar-refractivity contribution in [3.63, 3.8) is 0 Å². The number of rotatable bonds is 6. The summed E-state index contributed by atoms with van der Waals surface area (Å²) in [4.78, 5) is 21.2. The Hall–Kier alpha value is -1.83. The maximum Gasteiger partial charge on any atom is 0.278 e. The SMILES string of the molecule is COCCO[C@@H]1[C@H](O)[C@@H](CO)O[C@H]1n1c(=S)[nH]c2c(=O)[nH]c(N)nc21. The molecule has 4 atom stereocenters. The highest BCUT2D eigenvalue weighted by Crippen LogP contribution is 2.33. The molecule has 0 aliphatic carbocycles. The van der Waals surface area contributed by atoms with Crippen molar-refractivity contribution in [1.82, 2.24) is 19.5 Å². The number of nitrogens with one attached hydrogen (secondary N) is 2. The van der Waals surface area contributed by atoms with Crippen LogP contribution < -0.4 is 11.3 Å². The average Bonchev–Trinajstić information content (AvgIpc) is 3.05. The summed E-state index contributed by atoms with van der Waals surface area (Å²) in [5.41, 5.74) is 5.42. The fraction of sp³-hybridized carbons (Fsp3) is 0.615. The van der Waals surface area contributed by atoms with Crippen molar-refractivity contribution in [2.75, 3.05) is 32.7 Å². The van der Waals surface area contributed by atoms with Crippen LogP contribution in [-0.4, -0.2) is 75.0 Å². The molecule has 2 aromatic rings. The largest absolute Gasteiger partial charge is 0.394 e. The van der Waals surface area contributed by atoms with Crippen molar-refractivity contribution in [2.24, 2.45) is 0 Å². The van der Waals surface area contributed by atoms with Gasteiger partial charge in [0.25, 0.3) is 5.56 Å². The third-order valence-electron chi connectivity index (χ3n) is 3.94. The first-order valence-electron chi connectivity index (χ1n) is 7.52. The Morgan fingerprint density at radius 1 is 1.44 bits per heavy atom. The van der Waals surface area contributed by atoms with E-state index in [-0.39, 0.29) is 28.5 Å². The third-order valence-corrected chi connectivity index (χ3v) is 4.24. The minimum Gasteiger partial charge on any atom is -0.394 e. The molecule has 138 valence electrons. The molecular weight excluding hydrogens is 354 g/mol. The number of nitrogen functional groups attached to an aromatic ring is 1. The minimum atomic E-state index is -1.10. The molecule has 0 saturated carbocycles. The van der Waals surface area contributed by atoms with E-state index in [1.807, 2.05) is 0 Å². The zero-order chi connectivity index (χ0) is 18.1. The Morgan fingerprint density at radius 2 is 2.20 bits per heavy atom. The Kier molecular flexibility index (Phi) is 5.17. The molecule has 3 rings (SSSR count). The molecule has 25 heavy (non-hydrogen) atoms. The smallest absolute Gasteiger partial charge is 0.278 e. The molecule has 0 unspecified atom stereocenters. The highest BCUT2D eigenvalue weighted by molar-refractivity contribution is 7.71. The predicted octanol–water partition coefficient (Wildman–Crippen LogP) is -1.35. The summed E-state index contributed by atoms with van der Waals surface area (Å²) in [5.74, 6) is -0.0886. The van der Waals surface area contributed by atoms with Gasteiger partial charge in [-0.2, -0.15) is 4.98 Å². The number of aromatic amines is 2. The van der Waals surface area contributed by atoms with E-state index in [2.05, 4.69) is 15.0 Å². The lowest BCUT2D eigenvalue weighted by Gasteiger charge is -2.22. The van der Waals surface area contributed by atoms with Gasteiger partial charge in [0.1, 0.15) is 18.3 Å². The van der Waals surface area contributed by atoms with E-state index < -0.39 is 36.7 Å². The Bertz CT molecular complexity index is 863. The minimum absolute atomic E-state index is 0.0886. The number of anilines is 1. The number of H-pyrrole nitrogens is 2. The molecule has 1 aliphatic rings. The van der Waals surface area contributed by atoms with E-state index >= 15 is 0 Å². The summed E-state index contributed by atoms with van der Waals surface area (Å²) in [6.45, 7) is 0.0968. The van der Waals surface area contributed by atoms with Crippen LogP contribution in [0.5, 0.6) is 0 Å². The van der Waals surface area contributed by atoms with Gasteiger partial charge in [0.15, 0.2) is 22.2 Å². The molecule has 0 amide bonds. The van der Waals surface area contributed by atoms with Crippen LogP contribution in [0.3, 0.4) is 0 Å². The molecule has 3 heterocycles. The Labute approximate surface area is 146 Å². The quantitative estimate of drug-likeness (QED) is 0.304. The number of aromatic nitrogens is 4. The summed E-state index contributed by atoms with van der Waals surface area (Å²) < 4.78 is 17.8. The van der Waals surface area contributed by atoms with Crippen LogP contribution in [0, 0.1) is 4.77 Å². The summed E-state index contributed by atoms with van der Waals surface area (Å²) in [5, 5.41) is 19.8. The lowest BCUT2D eigenvalue weighted by atomic mass is 10.1. The van der Waals surface area contributed by atoms with Crippen molar-refractivity contribution in [2.45, 2.75) is 24.5 Å². The van der Waals surface area contributed by atoms with Gasteiger partial charge in [-0.1, -0.05) is 0 Å². The summed E-state index contributed by atoms with van der Waals surface area (Å²) >= 11 is 5.26. The average molecular weight is 373 g/mol. The zero-order valence-corrected chi connectivity index (χ0v) is 14.2. The number of hydrogen-bond acceptors (Lipinski definition) is 9. The normalized spacial score (nSPS) is 26.5. The first-order chi connectivity index (χ1) is 12.0. The number of fused-ring (bicyclic) bond motifs is 1. The molecule has 2 aromatic heterocycles. The molecule has 11 nitrogen and oxygen atoms in total. The second-order valence-electron chi connectivity index (χ2n) is 5.52. The van der Waals surface area contributed by atoms with Gasteiger partial charge in [-0.25, -0.2) is 0 Å². The molecule has 0 radical (unpaired) electrons. The van der Waals surface area contributed by atoms with Crippen molar-refractivity contribution in [1.29, 1.82) is 0 Å². The summed E-state index contributed by atoms with van der Waals surface area (Å²) in [6.07, 6.45) is -3.72. The van der Waals surface area contributed by atoms with Crippen molar-refractivity contribution in [3.8, 4) is 0 Å². The number of imidazole rings is 1. The molecule has 0 aromatic carbocycles. The van der Waals surface area contributed by atoms with Gasteiger partial charge in [0, 0.05) is 7.11 Å². The first kappa shape index (κ1) is 18.0. The maximum atomic E-state index is 12.0. The fourth-order valence-electron chi connectivity index (χ4n) is 2.79. The van der Waals surface area contributed by atoms with Crippen molar-refractivity contribution < 1.29 is 24.4 Å². The van der Waals surface area contributed by atoms with E-state index in [4.69, 9.17) is 32.2 Å². The number of nitrogens with two attached hydrogens (primary N) is 1. The molecular formula is C13H19N5O6S. The molecule has 0 spiro atoms. The zero-order valence-electron chi connectivity index (χ0n) is 13.3. The van der Waals surface area contributed by atoms with E-state index in [0.717, 1.165) is 0 Å². The number of nitrogens with zero attached hydrogens (tertiary/aromatic N) is 2. The maximum absolute atomic E-state index is 12.0. The first-order valence-corrected chi connectivity index (χ1v) is 7.93. The summed E-state index contributed by atoms with van der Waals surface area (Å²) in [7, 11) is 1.52. The van der Waals surface area contributed by atoms with Crippen molar-refractivity contribution in [3.05, 3.63) is 15.1 Å². The van der Waals surface area contributed by atoms with Gasteiger partial charge in [0.05, 0.1) is 19.8 Å². The molecule has 0 bridgehead atoms. The highest BCUT2D eigenvalue weighted by atomic mass is 32.1.